The van der Waals surface area contributed by atoms with Crippen molar-refractivity contribution in [3.05, 3.63) is 88.2 Å². The normalized spacial score (nSPS) is 11.0. The molecule has 1 heterocycles. The number of hydrogen-bond acceptors (Lipinski definition) is 5. The fourth-order valence-electron chi connectivity index (χ4n) is 4.90. The van der Waals surface area contributed by atoms with Crippen LogP contribution in [0, 0.1) is 11.6 Å². The average molecular weight is 672 g/mol. The zero-order valence-electron chi connectivity index (χ0n) is 25.2. The number of pyridine rings is 1. The maximum atomic E-state index is 14.0. The highest BCUT2D eigenvalue weighted by Gasteiger charge is 2.22. The number of ether oxygens (including phenoxy) is 3. The summed E-state index contributed by atoms with van der Waals surface area (Å²) in [7, 11) is 1.37. The van der Waals surface area contributed by atoms with Gasteiger partial charge in [0.1, 0.15) is 34.4 Å². The number of unbranched alkanes of at least 4 members (excludes halogenated alkanes) is 4. The van der Waals surface area contributed by atoms with E-state index in [1.807, 2.05) is 13.8 Å². The smallest absolute Gasteiger partial charge is 0.263 e. The topological polar surface area (TPSA) is 70.0 Å². The number of benzene rings is 3. The van der Waals surface area contributed by atoms with E-state index in [1.54, 1.807) is 41.0 Å². The molecule has 0 N–H and O–H groups in total. The minimum Gasteiger partial charge on any atom is -0.494 e. The summed E-state index contributed by atoms with van der Waals surface area (Å²) in [5.74, 6) is -0.706. The van der Waals surface area contributed by atoms with Gasteiger partial charge < -0.3 is 23.7 Å². The number of alkyl halides is 1. The Hall–Kier alpha value is -3.92. The zero-order valence-corrected chi connectivity index (χ0v) is 26.8. The standard InChI is InChI=1S/C34H37BrF2N2O5/c1-4-42-28-18-26(19-29(20-28)43-5-2)39-22-31(34(41)38(3)25-16-23(36)15-24(37)17-25)33(40)30-12-11-27(21-32(30)39)44-14-10-8-6-7-9-13-35/h11-12,15-22H,4-10,13-14H2,1-3H3. The summed E-state index contributed by atoms with van der Waals surface area (Å²) < 4.78 is 47.3. The van der Waals surface area contributed by atoms with E-state index in [2.05, 4.69) is 15.9 Å². The number of halogens is 3. The van der Waals surface area contributed by atoms with E-state index >= 15 is 0 Å². The van der Waals surface area contributed by atoms with Crippen LogP contribution in [0.25, 0.3) is 16.6 Å². The van der Waals surface area contributed by atoms with Gasteiger partial charge in [-0.1, -0.05) is 35.2 Å². The second-order valence-electron chi connectivity index (χ2n) is 10.2. The van der Waals surface area contributed by atoms with E-state index < -0.39 is 23.0 Å². The third kappa shape index (κ3) is 8.16. The molecule has 0 aliphatic heterocycles. The lowest BCUT2D eigenvalue weighted by molar-refractivity contribution is 0.0991. The molecule has 0 fully saturated rings. The highest BCUT2D eigenvalue weighted by atomic mass is 79.9. The van der Waals surface area contributed by atoms with Crippen molar-refractivity contribution in [2.45, 2.75) is 46.0 Å². The van der Waals surface area contributed by atoms with E-state index in [-0.39, 0.29) is 16.6 Å². The van der Waals surface area contributed by atoms with Crippen LogP contribution in [0.5, 0.6) is 17.2 Å². The third-order valence-electron chi connectivity index (χ3n) is 7.06. The van der Waals surface area contributed by atoms with Crippen molar-refractivity contribution >= 4 is 38.4 Å². The van der Waals surface area contributed by atoms with Crippen molar-refractivity contribution < 1.29 is 27.8 Å². The van der Waals surface area contributed by atoms with Gasteiger partial charge in [-0.25, -0.2) is 8.78 Å². The van der Waals surface area contributed by atoms with Crippen molar-refractivity contribution in [3.63, 3.8) is 0 Å². The number of carbonyl (C=O) groups is 1. The van der Waals surface area contributed by atoms with Gasteiger partial charge in [0, 0.05) is 60.0 Å². The van der Waals surface area contributed by atoms with Crippen LogP contribution in [0.1, 0.15) is 56.3 Å². The molecule has 7 nitrogen and oxygen atoms in total. The summed E-state index contributed by atoms with van der Waals surface area (Å²) in [6.45, 7) is 5.12. The van der Waals surface area contributed by atoms with Crippen molar-refractivity contribution in [2.75, 3.05) is 37.1 Å². The Bertz CT molecular complexity index is 1610. The Morgan fingerprint density at radius 2 is 1.45 bits per heavy atom. The second-order valence-corrected chi connectivity index (χ2v) is 11.0. The molecule has 0 spiro atoms. The molecule has 1 aromatic heterocycles. The molecule has 0 aliphatic carbocycles. The molecule has 0 bridgehead atoms. The van der Waals surface area contributed by atoms with Gasteiger partial charge in [-0.3, -0.25) is 9.59 Å². The molecule has 0 radical (unpaired) electrons. The van der Waals surface area contributed by atoms with Crippen LogP contribution in [0.4, 0.5) is 14.5 Å². The molecule has 0 atom stereocenters. The summed E-state index contributed by atoms with van der Waals surface area (Å²) in [5.41, 5.74) is 0.376. The Balaban J connectivity index is 1.80. The van der Waals surface area contributed by atoms with Gasteiger partial charge in [0.25, 0.3) is 5.91 Å². The average Bonchev–Trinajstić information content (AvgIpc) is 3.00. The van der Waals surface area contributed by atoms with Crippen LogP contribution in [0.2, 0.25) is 0 Å². The Kier molecular flexibility index (Phi) is 11.8. The van der Waals surface area contributed by atoms with E-state index in [4.69, 9.17) is 14.2 Å². The lowest BCUT2D eigenvalue weighted by atomic mass is 10.1. The van der Waals surface area contributed by atoms with E-state index in [0.717, 1.165) is 54.1 Å². The largest absolute Gasteiger partial charge is 0.494 e. The molecule has 0 saturated carbocycles. The van der Waals surface area contributed by atoms with Gasteiger partial charge in [0.15, 0.2) is 0 Å². The maximum absolute atomic E-state index is 14.0. The van der Waals surface area contributed by atoms with E-state index in [1.165, 1.54) is 19.7 Å². The van der Waals surface area contributed by atoms with Crippen molar-refractivity contribution in [1.82, 2.24) is 4.57 Å². The Morgan fingerprint density at radius 1 is 0.818 bits per heavy atom. The number of carbonyl (C=O) groups excluding carboxylic acids is 1. The number of hydrogen-bond donors (Lipinski definition) is 0. The number of anilines is 1. The minimum absolute atomic E-state index is 0.0218. The Morgan fingerprint density at radius 3 is 2.09 bits per heavy atom. The minimum atomic E-state index is -0.835. The van der Waals surface area contributed by atoms with E-state index in [9.17, 15) is 18.4 Å². The molecule has 0 aliphatic rings. The highest BCUT2D eigenvalue weighted by molar-refractivity contribution is 9.09. The number of aromatic nitrogens is 1. The van der Waals surface area contributed by atoms with Gasteiger partial charge in [0.2, 0.25) is 5.43 Å². The van der Waals surface area contributed by atoms with Crippen molar-refractivity contribution in [1.29, 1.82) is 0 Å². The zero-order chi connectivity index (χ0) is 31.6. The first kappa shape index (κ1) is 33.0. The summed E-state index contributed by atoms with van der Waals surface area (Å²) in [6, 6.07) is 13.2. The monoisotopic (exact) mass is 670 g/mol. The van der Waals surface area contributed by atoms with Gasteiger partial charge >= 0.3 is 0 Å². The number of rotatable bonds is 15. The predicted molar refractivity (Wildman–Crippen MR) is 173 cm³/mol. The molecular formula is C34H37BrF2N2O5. The number of nitrogens with zero attached hydrogens (tertiary/aromatic N) is 2. The van der Waals surface area contributed by atoms with Crippen LogP contribution >= 0.6 is 15.9 Å². The summed E-state index contributed by atoms with van der Waals surface area (Å²) in [6.07, 6.45) is 6.86. The SMILES string of the molecule is CCOc1cc(OCC)cc(-n2cc(C(=O)N(C)c3cc(F)cc(F)c3)c(=O)c3ccc(OCCCCCCCBr)cc32)c1. The Labute approximate surface area is 264 Å². The first-order valence-electron chi connectivity index (χ1n) is 14.8. The predicted octanol–water partition coefficient (Wildman–Crippen LogP) is 8.07. The molecule has 4 aromatic rings. The fourth-order valence-corrected chi connectivity index (χ4v) is 5.30. The van der Waals surface area contributed by atoms with Crippen molar-refractivity contribution in [2.24, 2.45) is 0 Å². The summed E-state index contributed by atoms with van der Waals surface area (Å²) >= 11 is 3.46. The third-order valence-corrected chi connectivity index (χ3v) is 7.62. The molecule has 10 heteroatoms. The lowest BCUT2D eigenvalue weighted by Gasteiger charge is -2.20. The van der Waals surface area contributed by atoms with Crippen LogP contribution in [-0.2, 0) is 0 Å². The van der Waals surface area contributed by atoms with Gasteiger partial charge in [-0.2, -0.15) is 0 Å². The maximum Gasteiger partial charge on any atom is 0.263 e. The second kappa shape index (κ2) is 15.7. The van der Waals surface area contributed by atoms with Crippen LogP contribution < -0.4 is 24.5 Å². The van der Waals surface area contributed by atoms with Gasteiger partial charge in [-0.15, -0.1) is 0 Å². The summed E-state index contributed by atoms with van der Waals surface area (Å²) in [4.78, 5) is 28.5. The van der Waals surface area contributed by atoms with Gasteiger partial charge in [0.05, 0.1) is 31.0 Å². The molecule has 0 unspecified atom stereocenters. The number of amides is 1. The molecule has 4 rings (SSSR count). The lowest BCUT2D eigenvalue weighted by Crippen LogP contribution is -2.32. The number of fused-ring (bicyclic) bond motifs is 1. The molecular weight excluding hydrogens is 634 g/mol. The molecule has 234 valence electrons. The van der Waals surface area contributed by atoms with Crippen molar-refractivity contribution in [3.8, 4) is 22.9 Å². The molecule has 44 heavy (non-hydrogen) atoms. The first-order chi connectivity index (χ1) is 21.2. The quantitative estimate of drug-likeness (QED) is 0.0945. The fraction of sp³-hybridized carbons (Fsp3) is 0.353. The van der Waals surface area contributed by atoms with E-state index in [0.29, 0.717) is 48.3 Å². The van der Waals surface area contributed by atoms with Crippen LogP contribution in [-0.4, -0.2) is 42.7 Å². The molecule has 3 aromatic carbocycles. The molecule has 1 amide bonds. The summed E-state index contributed by atoms with van der Waals surface area (Å²) in [5, 5.41) is 1.28. The first-order valence-corrected chi connectivity index (χ1v) is 15.9. The highest BCUT2D eigenvalue weighted by Crippen LogP contribution is 2.30. The molecule has 0 saturated heterocycles. The van der Waals surface area contributed by atoms with Gasteiger partial charge in [-0.05, 0) is 51.0 Å². The van der Waals surface area contributed by atoms with Crippen LogP contribution in [0.15, 0.2) is 65.6 Å². The van der Waals surface area contributed by atoms with Crippen LogP contribution in [0.3, 0.4) is 0 Å².